The summed E-state index contributed by atoms with van der Waals surface area (Å²) in [5.74, 6) is -0.183. The van der Waals surface area contributed by atoms with Crippen molar-refractivity contribution in [1.82, 2.24) is 20.1 Å². The minimum absolute atomic E-state index is 0.0136. The molecule has 2 heterocycles. The maximum Gasteiger partial charge on any atom is 0.244 e. The van der Waals surface area contributed by atoms with Gasteiger partial charge in [-0.25, -0.2) is 0 Å². The van der Waals surface area contributed by atoms with Crippen LogP contribution in [0.3, 0.4) is 0 Å². The van der Waals surface area contributed by atoms with Gasteiger partial charge in [-0.05, 0) is 28.8 Å². The highest BCUT2D eigenvalue weighted by Gasteiger charge is 2.05. The second-order valence-corrected chi connectivity index (χ2v) is 5.89. The lowest BCUT2D eigenvalue weighted by Crippen LogP contribution is -2.20. The number of amides is 1. The highest BCUT2D eigenvalue weighted by atomic mass is 16.3. The van der Waals surface area contributed by atoms with E-state index in [-0.39, 0.29) is 12.5 Å². The number of hydrogen-bond acceptors (Lipinski definition) is 4. The predicted octanol–water partition coefficient (Wildman–Crippen LogP) is 2.30. The normalized spacial score (nSPS) is 11.0. The summed E-state index contributed by atoms with van der Waals surface area (Å²) in [6.07, 6.45) is 10.4. The van der Waals surface area contributed by atoms with Gasteiger partial charge in [0.25, 0.3) is 0 Å². The summed E-state index contributed by atoms with van der Waals surface area (Å²) in [6, 6.07) is 9.35. The van der Waals surface area contributed by atoms with Gasteiger partial charge in [0.05, 0.1) is 12.8 Å². The number of nitrogens with zero attached hydrogens (tertiary/aromatic N) is 3. The van der Waals surface area contributed by atoms with E-state index in [2.05, 4.69) is 15.4 Å². The number of carbonyl (C=O) groups is 1. The van der Waals surface area contributed by atoms with Crippen LogP contribution in [0.15, 0.2) is 61.2 Å². The summed E-state index contributed by atoms with van der Waals surface area (Å²) in [7, 11) is 1.86. The summed E-state index contributed by atoms with van der Waals surface area (Å²) < 4.78 is 1.73. The smallest absolute Gasteiger partial charge is 0.244 e. The molecule has 0 aliphatic carbocycles. The third-order valence-corrected chi connectivity index (χ3v) is 3.95. The Balaban J connectivity index is 1.65. The van der Waals surface area contributed by atoms with Crippen molar-refractivity contribution in [3.8, 4) is 11.1 Å². The Bertz CT molecular complexity index is 914. The van der Waals surface area contributed by atoms with Crippen LogP contribution < -0.4 is 5.32 Å². The largest absolute Gasteiger partial charge is 0.392 e. The predicted molar refractivity (Wildman–Crippen MR) is 99.7 cm³/mol. The van der Waals surface area contributed by atoms with E-state index in [9.17, 15) is 4.79 Å². The molecule has 0 bridgehead atoms. The molecule has 0 unspecified atom stereocenters. The van der Waals surface area contributed by atoms with E-state index in [0.717, 1.165) is 27.8 Å². The maximum absolute atomic E-state index is 12.1. The molecule has 0 atom stereocenters. The Hall–Kier alpha value is -3.25. The van der Waals surface area contributed by atoms with Crippen molar-refractivity contribution in [2.24, 2.45) is 7.05 Å². The van der Waals surface area contributed by atoms with Crippen molar-refractivity contribution in [3.63, 3.8) is 0 Å². The van der Waals surface area contributed by atoms with E-state index in [4.69, 9.17) is 5.11 Å². The Labute approximate surface area is 151 Å². The number of aliphatic hydroxyl groups excluding tert-OH is 1. The van der Waals surface area contributed by atoms with Gasteiger partial charge in [0, 0.05) is 49.4 Å². The number of hydrogen-bond donors (Lipinski definition) is 2. The van der Waals surface area contributed by atoms with Crippen LogP contribution in [0, 0.1) is 0 Å². The van der Waals surface area contributed by atoms with Gasteiger partial charge in [0.15, 0.2) is 0 Å². The lowest BCUT2D eigenvalue weighted by Gasteiger charge is -2.05. The second-order valence-electron chi connectivity index (χ2n) is 5.89. The van der Waals surface area contributed by atoms with Crippen molar-refractivity contribution in [2.45, 2.75) is 13.2 Å². The number of carbonyl (C=O) groups excluding carboxylic acids is 1. The quantitative estimate of drug-likeness (QED) is 0.670. The molecule has 0 aliphatic rings. The van der Waals surface area contributed by atoms with E-state index in [1.807, 2.05) is 43.6 Å². The average Bonchev–Trinajstić information content (AvgIpc) is 3.11. The van der Waals surface area contributed by atoms with Gasteiger partial charge in [0.1, 0.15) is 0 Å². The summed E-state index contributed by atoms with van der Waals surface area (Å²) in [6.45, 7) is 0.442. The molecule has 6 heteroatoms. The molecule has 6 nitrogen and oxygen atoms in total. The maximum atomic E-state index is 12.1. The fraction of sp³-hybridized carbons (Fsp3) is 0.150. The zero-order valence-electron chi connectivity index (χ0n) is 14.5. The van der Waals surface area contributed by atoms with Crippen LogP contribution in [-0.4, -0.2) is 25.8 Å². The van der Waals surface area contributed by atoms with E-state index < -0.39 is 0 Å². The highest BCUT2D eigenvalue weighted by Crippen LogP contribution is 2.23. The van der Waals surface area contributed by atoms with Gasteiger partial charge in [-0.3, -0.25) is 14.5 Å². The molecule has 1 aromatic carbocycles. The monoisotopic (exact) mass is 348 g/mol. The lowest BCUT2D eigenvalue weighted by atomic mass is 10.0. The van der Waals surface area contributed by atoms with Gasteiger partial charge in [0.2, 0.25) is 5.91 Å². The third kappa shape index (κ3) is 4.43. The van der Waals surface area contributed by atoms with E-state index in [1.165, 1.54) is 6.08 Å². The molecule has 0 aliphatic heterocycles. The summed E-state index contributed by atoms with van der Waals surface area (Å²) >= 11 is 0. The van der Waals surface area contributed by atoms with Gasteiger partial charge in [-0.2, -0.15) is 5.10 Å². The number of aryl methyl sites for hydroxylation is 1. The highest BCUT2D eigenvalue weighted by molar-refractivity contribution is 5.92. The molecule has 0 fully saturated rings. The first-order chi connectivity index (χ1) is 12.7. The SMILES string of the molecule is Cn1cc(-c2ccncc2/C=C/C(=O)NCc2ccc(CO)cc2)cn1. The average molecular weight is 348 g/mol. The minimum atomic E-state index is -0.183. The molecule has 0 saturated carbocycles. The Morgan fingerprint density at radius 1 is 1.19 bits per heavy atom. The van der Waals surface area contributed by atoms with Gasteiger partial charge in [-0.15, -0.1) is 0 Å². The van der Waals surface area contributed by atoms with Crippen LogP contribution >= 0.6 is 0 Å². The van der Waals surface area contributed by atoms with Crippen LogP contribution in [0.4, 0.5) is 0 Å². The molecule has 1 amide bonds. The molecular weight excluding hydrogens is 328 g/mol. The lowest BCUT2D eigenvalue weighted by molar-refractivity contribution is -0.116. The Kier molecular flexibility index (Phi) is 5.56. The molecule has 3 aromatic rings. The third-order valence-electron chi connectivity index (χ3n) is 3.95. The number of benzene rings is 1. The molecular formula is C20H20N4O2. The summed E-state index contributed by atoms with van der Waals surface area (Å²) in [5, 5.41) is 16.1. The van der Waals surface area contributed by atoms with Crippen LogP contribution in [0.2, 0.25) is 0 Å². The molecule has 0 spiro atoms. The molecule has 0 saturated heterocycles. The van der Waals surface area contributed by atoms with E-state index in [1.54, 1.807) is 29.3 Å². The number of rotatable bonds is 6. The Morgan fingerprint density at radius 3 is 2.65 bits per heavy atom. The van der Waals surface area contributed by atoms with Crippen LogP contribution in [0.25, 0.3) is 17.2 Å². The zero-order valence-corrected chi connectivity index (χ0v) is 14.5. The first-order valence-electron chi connectivity index (χ1n) is 8.23. The van der Waals surface area contributed by atoms with Crippen LogP contribution in [0.1, 0.15) is 16.7 Å². The molecule has 132 valence electrons. The van der Waals surface area contributed by atoms with Gasteiger partial charge in [-0.1, -0.05) is 24.3 Å². The molecule has 3 rings (SSSR count). The van der Waals surface area contributed by atoms with Crippen LogP contribution in [-0.2, 0) is 25.0 Å². The van der Waals surface area contributed by atoms with Crippen molar-refractivity contribution in [3.05, 3.63) is 77.9 Å². The second kappa shape index (κ2) is 8.22. The minimum Gasteiger partial charge on any atom is -0.392 e. The summed E-state index contributed by atoms with van der Waals surface area (Å²) in [4.78, 5) is 16.2. The van der Waals surface area contributed by atoms with Gasteiger partial charge >= 0.3 is 0 Å². The van der Waals surface area contributed by atoms with Crippen molar-refractivity contribution >= 4 is 12.0 Å². The van der Waals surface area contributed by atoms with Crippen molar-refractivity contribution in [2.75, 3.05) is 0 Å². The summed E-state index contributed by atoms with van der Waals surface area (Å²) in [5.41, 5.74) is 4.61. The van der Waals surface area contributed by atoms with Crippen molar-refractivity contribution < 1.29 is 9.90 Å². The zero-order chi connectivity index (χ0) is 18.4. The molecule has 0 radical (unpaired) electrons. The number of aromatic nitrogens is 3. The first kappa shape index (κ1) is 17.6. The fourth-order valence-corrected chi connectivity index (χ4v) is 2.54. The van der Waals surface area contributed by atoms with E-state index in [0.29, 0.717) is 6.54 Å². The molecule has 2 N–H and O–H groups in total. The first-order valence-corrected chi connectivity index (χ1v) is 8.23. The van der Waals surface area contributed by atoms with Gasteiger partial charge < -0.3 is 10.4 Å². The van der Waals surface area contributed by atoms with Crippen LogP contribution in [0.5, 0.6) is 0 Å². The fourth-order valence-electron chi connectivity index (χ4n) is 2.54. The number of pyridine rings is 1. The molecule has 26 heavy (non-hydrogen) atoms. The molecule has 2 aromatic heterocycles. The number of aliphatic hydroxyl groups is 1. The number of nitrogens with one attached hydrogen (secondary N) is 1. The topological polar surface area (TPSA) is 80.0 Å². The Morgan fingerprint density at radius 2 is 1.96 bits per heavy atom. The van der Waals surface area contributed by atoms with Crippen molar-refractivity contribution in [1.29, 1.82) is 0 Å². The van der Waals surface area contributed by atoms with E-state index >= 15 is 0 Å². The standard InChI is InChI=1S/C20H20N4O2/c1-24-13-18(12-23-24)19-8-9-21-11-17(19)6-7-20(26)22-10-15-2-4-16(14-25)5-3-15/h2-9,11-13,25H,10,14H2,1H3,(H,22,26)/b7-6+.